The van der Waals surface area contributed by atoms with E-state index < -0.39 is 32.7 Å². The van der Waals surface area contributed by atoms with E-state index in [-0.39, 0.29) is 44.9 Å². The first kappa shape index (κ1) is 34.1. The number of hydrogen-bond donors (Lipinski definition) is 2. The van der Waals surface area contributed by atoms with Crippen molar-refractivity contribution in [2.75, 3.05) is 0 Å². The number of nitrogens with zero attached hydrogens (tertiary/aromatic N) is 2. The molecule has 12 heteroatoms. The lowest BCUT2D eigenvalue weighted by atomic mass is 9.82. The highest BCUT2D eigenvalue weighted by atomic mass is 35.5. The van der Waals surface area contributed by atoms with Crippen LogP contribution in [0.3, 0.4) is 0 Å². The summed E-state index contributed by atoms with van der Waals surface area (Å²) in [5.74, 6) is 0.772. The summed E-state index contributed by atoms with van der Waals surface area (Å²) in [6, 6.07) is 5.06. The molecule has 0 radical (unpaired) electrons. The molecular weight excluding hydrogens is 667 g/mol. The molecule has 4 aromatic rings. The van der Waals surface area contributed by atoms with Crippen LogP contribution in [-0.2, 0) is 20.7 Å². The number of sulfone groups is 1. The van der Waals surface area contributed by atoms with Gasteiger partial charge in [-0.25, -0.2) is 18.4 Å². The molecule has 5 atom stereocenters. The minimum absolute atomic E-state index is 0.00562. The minimum Gasteiger partial charge on any atom is -0.439 e. The number of hydrogen-bond acceptors (Lipinski definition) is 9. The van der Waals surface area contributed by atoms with Crippen LogP contribution in [0, 0.1) is 0 Å². The summed E-state index contributed by atoms with van der Waals surface area (Å²) in [5, 5.41) is 21.7. The Labute approximate surface area is 284 Å². The maximum atomic E-state index is 14.2. The Morgan fingerprint density at radius 2 is 1.50 bits per heavy atom. The van der Waals surface area contributed by atoms with E-state index in [0.29, 0.717) is 39.8 Å². The molecule has 2 N–H and O–H groups in total. The fourth-order valence-corrected chi connectivity index (χ4v) is 10.7. The predicted octanol–water partition coefficient (Wildman–Crippen LogP) is 8.74. The Balaban J connectivity index is 1.34. The number of aromatic nitrogens is 2. The standard InChI is InChI=1S/C34H42Cl2N2O6S2/c1-33(2,3)31-37-21-13-12-19(35)30(27(21)43-31)46(41,42)25-14-11-17(15-23(25)40)18-16-20(36)29(45-24-10-8-7-9-22(24)39)28-26(18)38-32(44-28)34(4,5)6/h12-13,16-17,22-25,39-40H,7-11,14-15H2,1-6H3/t17?,22-,23-,24-,25-/m1/s1. The van der Waals surface area contributed by atoms with Crippen molar-refractivity contribution >= 4 is 67.0 Å². The molecule has 0 aliphatic heterocycles. The second kappa shape index (κ2) is 12.3. The van der Waals surface area contributed by atoms with Crippen molar-refractivity contribution in [1.82, 2.24) is 9.97 Å². The third kappa shape index (κ3) is 6.23. The molecule has 2 saturated carbocycles. The van der Waals surface area contributed by atoms with E-state index in [4.69, 9.17) is 37.0 Å². The molecule has 2 fully saturated rings. The molecule has 8 nitrogen and oxygen atoms in total. The van der Waals surface area contributed by atoms with Gasteiger partial charge in [-0.3, -0.25) is 0 Å². The van der Waals surface area contributed by atoms with Gasteiger partial charge < -0.3 is 19.0 Å². The van der Waals surface area contributed by atoms with Gasteiger partial charge in [0.25, 0.3) is 0 Å². The van der Waals surface area contributed by atoms with Crippen LogP contribution in [0.5, 0.6) is 0 Å². The predicted molar refractivity (Wildman–Crippen MR) is 183 cm³/mol. The molecule has 0 amide bonds. The lowest BCUT2D eigenvalue weighted by Crippen LogP contribution is -2.39. The average Bonchev–Trinajstić information content (AvgIpc) is 3.60. The fourth-order valence-electron chi connectivity index (χ4n) is 6.60. The molecule has 2 aromatic carbocycles. The zero-order valence-corrected chi connectivity index (χ0v) is 30.2. The van der Waals surface area contributed by atoms with E-state index in [9.17, 15) is 18.6 Å². The number of aliphatic hydroxyl groups excluding tert-OH is 2. The Morgan fingerprint density at radius 3 is 2.15 bits per heavy atom. The van der Waals surface area contributed by atoms with Crippen molar-refractivity contribution in [3.63, 3.8) is 0 Å². The van der Waals surface area contributed by atoms with Gasteiger partial charge in [0.2, 0.25) is 11.8 Å². The second-order valence-electron chi connectivity index (χ2n) is 14.9. The first-order valence-electron chi connectivity index (χ1n) is 16.0. The van der Waals surface area contributed by atoms with Gasteiger partial charge in [0.15, 0.2) is 21.0 Å². The van der Waals surface area contributed by atoms with Gasteiger partial charge in [-0.1, -0.05) is 77.6 Å². The molecule has 0 bridgehead atoms. The lowest BCUT2D eigenvalue weighted by molar-refractivity contribution is 0.123. The summed E-state index contributed by atoms with van der Waals surface area (Å²) in [4.78, 5) is 10.1. The van der Waals surface area contributed by atoms with Crippen LogP contribution in [0.15, 0.2) is 36.8 Å². The van der Waals surface area contributed by atoms with Gasteiger partial charge in [-0.05, 0) is 61.8 Å². The van der Waals surface area contributed by atoms with Gasteiger partial charge in [0, 0.05) is 16.1 Å². The first-order valence-corrected chi connectivity index (χ1v) is 19.1. The summed E-state index contributed by atoms with van der Waals surface area (Å²) < 4.78 is 40.8. The van der Waals surface area contributed by atoms with Crippen molar-refractivity contribution in [2.24, 2.45) is 0 Å². The van der Waals surface area contributed by atoms with E-state index in [2.05, 4.69) is 4.98 Å². The smallest absolute Gasteiger partial charge is 0.200 e. The molecule has 6 rings (SSSR count). The topological polar surface area (TPSA) is 127 Å². The van der Waals surface area contributed by atoms with Crippen molar-refractivity contribution in [3.05, 3.63) is 45.6 Å². The van der Waals surface area contributed by atoms with Gasteiger partial charge in [-0.15, -0.1) is 11.8 Å². The van der Waals surface area contributed by atoms with E-state index in [1.54, 1.807) is 17.8 Å². The average molecular weight is 710 g/mol. The van der Waals surface area contributed by atoms with Crippen LogP contribution in [0.4, 0.5) is 0 Å². The van der Waals surface area contributed by atoms with E-state index >= 15 is 0 Å². The Bertz CT molecular complexity index is 1890. The molecule has 2 aliphatic carbocycles. The van der Waals surface area contributed by atoms with Crippen LogP contribution in [-0.4, -0.2) is 51.3 Å². The van der Waals surface area contributed by atoms with Crippen LogP contribution in [0.25, 0.3) is 22.2 Å². The van der Waals surface area contributed by atoms with Crippen molar-refractivity contribution in [3.8, 4) is 0 Å². The number of benzene rings is 2. The zero-order chi connectivity index (χ0) is 33.3. The largest absolute Gasteiger partial charge is 0.439 e. The number of rotatable bonds is 5. The highest BCUT2D eigenvalue weighted by Gasteiger charge is 2.43. The number of oxazole rings is 2. The number of aliphatic hydroxyl groups is 2. The third-order valence-electron chi connectivity index (χ3n) is 9.17. The number of halogens is 2. The van der Waals surface area contributed by atoms with Crippen molar-refractivity contribution < 1.29 is 27.5 Å². The summed E-state index contributed by atoms with van der Waals surface area (Å²) in [5.41, 5.74) is 1.81. The SMILES string of the molecule is CC(C)(C)c1nc2ccc(Cl)c(S(=O)(=O)[C@@H]3CCC(c4cc(Cl)c(S[C@@H]5CCCC[C@H]5O)c5oc(C(C)(C)C)nc45)C[C@H]3O)c2o1. The molecule has 2 heterocycles. The monoisotopic (exact) mass is 708 g/mol. The van der Waals surface area contributed by atoms with Crippen molar-refractivity contribution in [1.29, 1.82) is 0 Å². The maximum Gasteiger partial charge on any atom is 0.200 e. The van der Waals surface area contributed by atoms with Crippen LogP contribution in [0.2, 0.25) is 10.0 Å². The van der Waals surface area contributed by atoms with Gasteiger partial charge >= 0.3 is 0 Å². The normalized spacial score (nSPS) is 25.0. The van der Waals surface area contributed by atoms with Gasteiger partial charge in [-0.2, -0.15) is 0 Å². The van der Waals surface area contributed by atoms with Crippen LogP contribution < -0.4 is 0 Å². The molecule has 0 spiro atoms. The Morgan fingerprint density at radius 1 is 0.848 bits per heavy atom. The van der Waals surface area contributed by atoms with E-state index in [1.165, 1.54) is 6.07 Å². The Kier molecular flexibility index (Phi) is 9.07. The van der Waals surface area contributed by atoms with Gasteiger partial charge in [0.05, 0.1) is 32.4 Å². The maximum absolute atomic E-state index is 14.2. The Hall–Kier alpha value is -1.82. The van der Waals surface area contributed by atoms with E-state index in [0.717, 1.165) is 36.1 Å². The van der Waals surface area contributed by atoms with Crippen molar-refractivity contribution in [2.45, 2.75) is 136 Å². The highest BCUT2D eigenvalue weighted by Crippen LogP contribution is 2.48. The fraction of sp³-hybridized carbons (Fsp3) is 0.588. The molecule has 46 heavy (non-hydrogen) atoms. The number of fused-ring (bicyclic) bond motifs is 2. The summed E-state index contributed by atoms with van der Waals surface area (Å²) in [7, 11) is -4.10. The minimum atomic E-state index is -4.10. The molecule has 250 valence electrons. The molecular formula is C34H42Cl2N2O6S2. The first-order chi connectivity index (χ1) is 21.5. The second-order valence-corrected chi connectivity index (χ2v) is 19.1. The van der Waals surface area contributed by atoms with E-state index in [1.807, 2.05) is 47.6 Å². The van der Waals surface area contributed by atoms with Crippen LogP contribution in [0.1, 0.15) is 110 Å². The summed E-state index contributed by atoms with van der Waals surface area (Å²) in [6.45, 7) is 11.9. The molecule has 1 unspecified atom stereocenters. The summed E-state index contributed by atoms with van der Waals surface area (Å²) >= 11 is 15.0. The zero-order valence-electron chi connectivity index (χ0n) is 27.1. The highest BCUT2D eigenvalue weighted by molar-refractivity contribution is 8.00. The van der Waals surface area contributed by atoms with Crippen LogP contribution >= 0.6 is 35.0 Å². The molecule has 2 aromatic heterocycles. The molecule has 2 aliphatic rings. The molecule has 0 saturated heterocycles. The number of thioether (sulfide) groups is 1. The summed E-state index contributed by atoms with van der Waals surface area (Å²) in [6.07, 6.45) is 3.00. The lowest BCUT2D eigenvalue weighted by Gasteiger charge is -2.33. The van der Waals surface area contributed by atoms with Gasteiger partial charge in [0.1, 0.15) is 15.9 Å². The quantitative estimate of drug-likeness (QED) is 0.209. The third-order valence-corrected chi connectivity index (χ3v) is 13.8.